The first-order valence-electron chi connectivity index (χ1n) is 8.50. The Bertz CT molecular complexity index is 525. The number of carbonyl (C=O) groups excluding carboxylic acids is 2. The number of anilines is 1. The van der Waals surface area contributed by atoms with E-state index in [1.165, 1.54) is 6.42 Å². The van der Waals surface area contributed by atoms with Gasteiger partial charge in [-0.2, -0.15) is 0 Å². The monoisotopic (exact) mass is 317 g/mol. The molecule has 2 amide bonds. The summed E-state index contributed by atoms with van der Waals surface area (Å²) in [5.41, 5.74) is 1.80. The molecular formula is C18H27N3O2. The van der Waals surface area contributed by atoms with Crippen LogP contribution in [0.2, 0.25) is 0 Å². The second-order valence-electron chi connectivity index (χ2n) is 6.15. The van der Waals surface area contributed by atoms with Crippen molar-refractivity contribution in [2.45, 2.75) is 45.1 Å². The zero-order valence-corrected chi connectivity index (χ0v) is 13.9. The zero-order chi connectivity index (χ0) is 16.5. The topological polar surface area (TPSA) is 70.2 Å². The lowest BCUT2D eigenvalue weighted by molar-refractivity contribution is -0.121. The van der Waals surface area contributed by atoms with Crippen LogP contribution in [0.25, 0.3) is 0 Å². The van der Waals surface area contributed by atoms with Crippen molar-refractivity contribution in [3.63, 3.8) is 0 Å². The molecule has 5 nitrogen and oxygen atoms in total. The first kappa shape index (κ1) is 17.5. The van der Waals surface area contributed by atoms with Gasteiger partial charge in [0.15, 0.2) is 0 Å². The predicted molar refractivity (Wildman–Crippen MR) is 92.0 cm³/mol. The molecule has 126 valence electrons. The molecule has 1 saturated carbocycles. The molecule has 0 heterocycles. The highest BCUT2D eigenvalue weighted by Gasteiger charge is 2.20. The summed E-state index contributed by atoms with van der Waals surface area (Å²) in [4.78, 5) is 23.9. The van der Waals surface area contributed by atoms with Crippen LogP contribution < -0.4 is 16.0 Å². The van der Waals surface area contributed by atoms with E-state index in [9.17, 15) is 9.59 Å². The van der Waals surface area contributed by atoms with Gasteiger partial charge in [-0.25, -0.2) is 0 Å². The van der Waals surface area contributed by atoms with Crippen LogP contribution in [0.1, 0.15) is 44.1 Å². The normalized spacial score (nSPS) is 15.2. The van der Waals surface area contributed by atoms with Gasteiger partial charge in [-0.15, -0.1) is 0 Å². The number of hydrogen-bond donors (Lipinski definition) is 3. The van der Waals surface area contributed by atoms with Crippen LogP contribution in [0, 0.1) is 5.92 Å². The van der Waals surface area contributed by atoms with Gasteiger partial charge in [-0.05, 0) is 37.6 Å². The van der Waals surface area contributed by atoms with Gasteiger partial charge in [-0.3, -0.25) is 9.59 Å². The summed E-state index contributed by atoms with van der Waals surface area (Å²) in [6.07, 6.45) is 5.99. The summed E-state index contributed by atoms with van der Waals surface area (Å²) in [5.74, 6) is 0.296. The van der Waals surface area contributed by atoms with E-state index in [0.717, 1.165) is 36.9 Å². The van der Waals surface area contributed by atoms with E-state index in [2.05, 4.69) is 16.0 Å². The summed E-state index contributed by atoms with van der Waals surface area (Å²) in [7, 11) is 1.83. The largest absolute Gasteiger partial charge is 0.352 e. The molecule has 0 saturated heterocycles. The Labute approximate surface area is 138 Å². The highest BCUT2D eigenvalue weighted by atomic mass is 16.2. The molecule has 23 heavy (non-hydrogen) atoms. The summed E-state index contributed by atoms with van der Waals surface area (Å²) in [6, 6.07) is 7.69. The van der Waals surface area contributed by atoms with Crippen molar-refractivity contribution in [3.05, 3.63) is 29.8 Å². The molecule has 0 spiro atoms. The fraction of sp³-hybridized carbons (Fsp3) is 0.556. The molecule has 5 heteroatoms. The molecule has 1 aliphatic carbocycles. The van der Waals surface area contributed by atoms with Crippen LogP contribution in [0.15, 0.2) is 24.3 Å². The maximum atomic E-state index is 12.3. The predicted octanol–water partition coefficient (Wildman–Crippen LogP) is 2.43. The minimum Gasteiger partial charge on any atom is -0.352 e. The molecule has 0 unspecified atom stereocenters. The summed E-state index contributed by atoms with van der Waals surface area (Å²) >= 11 is 0. The van der Waals surface area contributed by atoms with Crippen LogP contribution in [0.5, 0.6) is 0 Å². The van der Waals surface area contributed by atoms with Crippen LogP contribution >= 0.6 is 0 Å². The van der Waals surface area contributed by atoms with E-state index in [4.69, 9.17) is 0 Å². The van der Waals surface area contributed by atoms with E-state index < -0.39 is 0 Å². The molecule has 1 aliphatic rings. The lowest BCUT2D eigenvalue weighted by atomic mass is 9.88. The fourth-order valence-corrected chi connectivity index (χ4v) is 2.90. The van der Waals surface area contributed by atoms with Gasteiger partial charge in [0.1, 0.15) is 0 Å². The van der Waals surface area contributed by atoms with Gasteiger partial charge in [0.2, 0.25) is 11.8 Å². The van der Waals surface area contributed by atoms with E-state index in [0.29, 0.717) is 19.5 Å². The molecule has 1 aromatic carbocycles. The van der Waals surface area contributed by atoms with Crippen molar-refractivity contribution < 1.29 is 9.59 Å². The van der Waals surface area contributed by atoms with E-state index in [1.54, 1.807) is 0 Å². The fourth-order valence-electron chi connectivity index (χ4n) is 2.90. The van der Waals surface area contributed by atoms with Crippen molar-refractivity contribution >= 4 is 17.5 Å². The lowest BCUT2D eigenvalue weighted by Gasteiger charge is -2.20. The van der Waals surface area contributed by atoms with Crippen LogP contribution in [0.4, 0.5) is 5.69 Å². The summed E-state index contributed by atoms with van der Waals surface area (Å²) in [5, 5.41) is 8.85. The Kier molecular flexibility index (Phi) is 7.07. The van der Waals surface area contributed by atoms with Gasteiger partial charge < -0.3 is 16.0 Å². The Morgan fingerprint density at radius 3 is 2.70 bits per heavy atom. The molecule has 0 aromatic heterocycles. The Hall–Kier alpha value is -1.88. The number of carbonyl (C=O) groups is 2. The average molecular weight is 317 g/mol. The first-order valence-corrected chi connectivity index (χ1v) is 8.50. The second-order valence-corrected chi connectivity index (χ2v) is 6.15. The van der Waals surface area contributed by atoms with E-state index in [-0.39, 0.29) is 17.7 Å². The Morgan fingerprint density at radius 2 is 1.96 bits per heavy atom. The standard InChI is InChI=1S/C18H27N3O2/c1-19-11-10-17(22)20-13-14-6-5-9-16(12-14)21-18(23)15-7-3-2-4-8-15/h5-6,9,12,15,19H,2-4,7-8,10-11,13H2,1H3,(H,20,22)(H,21,23). The van der Waals surface area contributed by atoms with Crippen molar-refractivity contribution in [2.24, 2.45) is 5.92 Å². The molecule has 0 aliphatic heterocycles. The van der Waals surface area contributed by atoms with Gasteiger partial charge in [0.05, 0.1) is 0 Å². The van der Waals surface area contributed by atoms with Crippen LogP contribution in [-0.2, 0) is 16.1 Å². The van der Waals surface area contributed by atoms with Crippen molar-refractivity contribution in [1.29, 1.82) is 0 Å². The van der Waals surface area contributed by atoms with E-state index in [1.807, 2.05) is 31.3 Å². The van der Waals surface area contributed by atoms with Crippen LogP contribution in [0.3, 0.4) is 0 Å². The number of benzene rings is 1. The third-order valence-electron chi connectivity index (χ3n) is 4.26. The maximum absolute atomic E-state index is 12.3. The number of rotatable bonds is 7. The highest BCUT2D eigenvalue weighted by Crippen LogP contribution is 2.25. The molecule has 0 radical (unpaired) electrons. The third kappa shape index (κ3) is 6.02. The van der Waals surface area contributed by atoms with Crippen molar-refractivity contribution in [1.82, 2.24) is 10.6 Å². The van der Waals surface area contributed by atoms with Crippen molar-refractivity contribution in [2.75, 3.05) is 18.9 Å². The van der Waals surface area contributed by atoms with Gasteiger partial charge in [0.25, 0.3) is 0 Å². The minimum absolute atomic E-state index is 0.0241. The summed E-state index contributed by atoms with van der Waals surface area (Å²) < 4.78 is 0. The SMILES string of the molecule is CNCCC(=O)NCc1cccc(NC(=O)C2CCCCC2)c1. The molecule has 1 fully saturated rings. The Balaban J connectivity index is 1.84. The van der Waals surface area contributed by atoms with Gasteiger partial charge in [0, 0.05) is 31.1 Å². The second kappa shape index (κ2) is 9.30. The molecular weight excluding hydrogens is 290 g/mol. The third-order valence-corrected chi connectivity index (χ3v) is 4.26. The Morgan fingerprint density at radius 1 is 1.17 bits per heavy atom. The lowest BCUT2D eigenvalue weighted by Crippen LogP contribution is -2.26. The van der Waals surface area contributed by atoms with E-state index >= 15 is 0 Å². The molecule has 1 aromatic rings. The average Bonchev–Trinajstić information content (AvgIpc) is 2.59. The molecule has 3 N–H and O–H groups in total. The van der Waals surface area contributed by atoms with Gasteiger partial charge >= 0.3 is 0 Å². The maximum Gasteiger partial charge on any atom is 0.227 e. The molecule has 0 atom stereocenters. The first-order chi connectivity index (χ1) is 11.2. The van der Waals surface area contributed by atoms with Gasteiger partial charge in [-0.1, -0.05) is 31.4 Å². The molecule has 2 rings (SSSR count). The zero-order valence-electron chi connectivity index (χ0n) is 13.9. The molecule has 0 bridgehead atoms. The number of hydrogen-bond acceptors (Lipinski definition) is 3. The smallest absolute Gasteiger partial charge is 0.227 e. The quantitative estimate of drug-likeness (QED) is 0.723. The van der Waals surface area contributed by atoms with Crippen LogP contribution in [-0.4, -0.2) is 25.4 Å². The summed E-state index contributed by atoms with van der Waals surface area (Å²) in [6.45, 7) is 1.15. The number of nitrogens with one attached hydrogen (secondary N) is 3. The van der Waals surface area contributed by atoms with Crippen molar-refractivity contribution in [3.8, 4) is 0 Å². The minimum atomic E-state index is 0.0241. The highest BCUT2D eigenvalue weighted by molar-refractivity contribution is 5.92. The number of amides is 2.